The van der Waals surface area contributed by atoms with Crippen LogP contribution in [0.1, 0.15) is 11.1 Å². The minimum atomic E-state index is -3.50. The molecule has 1 aromatic heterocycles. The second kappa shape index (κ2) is 8.74. The van der Waals surface area contributed by atoms with Crippen LogP contribution < -0.4 is 9.64 Å². The van der Waals surface area contributed by atoms with Gasteiger partial charge in [-0.3, -0.25) is 4.90 Å². The molecule has 31 heavy (non-hydrogen) atoms. The van der Waals surface area contributed by atoms with Crippen molar-refractivity contribution in [2.45, 2.75) is 17.9 Å². The van der Waals surface area contributed by atoms with Gasteiger partial charge >= 0.3 is 0 Å². The van der Waals surface area contributed by atoms with Crippen molar-refractivity contribution in [3.8, 4) is 5.75 Å². The van der Waals surface area contributed by atoms with E-state index >= 15 is 0 Å². The molecule has 0 atom stereocenters. The number of nitrogens with zero attached hydrogens (tertiary/aromatic N) is 4. The summed E-state index contributed by atoms with van der Waals surface area (Å²) in [5.74, 6) is 1.86. The van der Waals surface area contributed by atoms with Crippen LogP contribution in [0.4, 0.5) is 5.82 Å². The van der Waals surface area contributed by atoms with Crippen molar-refractivity contribution >= 4 is 15.8 Å². The highest BCUT2D eigenvalue weighted by Crippen LogP contribution is 2.27. The Morgan fingerprint density at radius 1 is 0.935 bits per heavy atom. The summed E-state index contributed by atoms with van der Waals surface area (Å²) in [7, 11) is -3.50. The normalized spacial score (nSPS) is 20.5. The van der Waals surface area contributed by atoms with Gasteiger partial charge in [0.05, 0.1) is 19.8 Å². The third-order valence-electron chi connectivity index (χ3n) is 6.18. The summed E-state index contributed by atoms with van der Waals surface area (Å²) in [6, 6.07) is 10.0. The van der Waals surface area contributed by atoms with Gasteiger partial charge in [0.2, 0.25) is 10.0 Å². The van der Waals surface area contributed by atoms with Crippen molar-refractivity contribution in [2.24, 2.45) is 0 Å². The van der Waals surface area contributed by atoms with Gasteiger partial charge in [0.15, 0.2) is 0 Å². The third-order valence-corrected chi connectivity index (χ3v) is 8.07. The van der Waals surface area contributed by atoms with Crippen molar-refractivity contribution in [2.75, 3.05) is 64.0 Å². The molecule has 0 saturated carbocycles. The standard InChI is InChI=1S/C22H28N4O4S/c27-31(28,26-10-13-29-14-11-26)20-2-4-22(23-16-20)25-8-6-24(7-9-25)17-18-1-3-21-19(15-18)5-12-30-21/h1-4,15-16H,5-14,17H2. The molecule has 2 saturated heterocycles. The molecule has 0 N–H and O–H groups in total. The molecule has 9 heteroatoms. The van der Waals surface area contributed by atoms with Gasteiger partial charge < -0.3 is 14.4 Å². The largest absolute Gasteiger partial charge is 0.493 e. The van der Waals surface area contributed by atoms with Crippen LogP contribution in [-0.2, 0) is 27.7 Å². The lowest BCUT2D eigenvalue weighted by Gasteiger charge is -2.35. The number of pyridine rings is 1. The van der Waals surface area contributed by atoms with Crippen LogP contribution in [0.25, 0.3) is 0 Å². The molecule has 166 valence electrons. The van der Waals surface area contributed by atoms with Gasteiger partial charge in [0, 0.05) is 58.4 Å². The number of morpholine rings is 1. The van der Waals surface area contributed by atoms with Gasteiger partial charge in [-0.2, -0.15) is 4.31 Å². The number of piperazine rings is 1. The number of anilines is 1. The van der Waals surface area contributed by atoms with Gasteiger partial charge in [-0.1, -0.05) is 12.1 Å². The van der Waals surface area contributed by atoms with Crippen molar-refractivity contribution < 1.29 is 17.9 Å². The number of ether oxygens (including phenoxy) is 2. The molecule has 1 aromatic carbocycles. The highest BCUT2D eigenvalue weighted by atomic mass is 32.2. The molecule has 8 nitrogen and oxygen atoms in total. The number of hydrogen-bond donors (Lipinski definition) is 0. The van der Waals surface area contributed by atoms with E-state index in [1.807, 2.05) is 6.07 Å². The summed E-state index contributed by atoms with van der Waals surface area (Å²) in [6.45, 7) is 7.02. The first-order chi connectivity index (χ1) is 15.1. The summed E-state index contributed by atoms with van der Waals surface area (Å²) in [5, 5.41) is 0. The van der Waals surface area contributed by atoms with Crippen LogP contribution >= 0.6 is 0 Å². The molecule has 5 rings (SSSR count). The van der Waals surface area contributed by atoms with E-state index in [0.29, 0.717) is 26.3 Å². The topological polar surface area (TPSA) is 75.2 Å². The van der Waals surface area contributed by atoms with Gasteiger partial charge in [-0.05, 0) is 29.3 Å². The van der Waals surface area contributed by atoms with Crippen LogP contribution in [0.5, 0.6) is 5.75 Å². The van der Waals surface area contributed by atoms with Crippen LogP contribution in [0.3, 0.4) is 0 Å². The first-order valence-electron chi connectivity index (χ1n) is 10.9. The molecule has 0 aliphatic carbocycles. The highest BCUT2D eigenvalue weighted by molar-refractivity contribution is 7.89. The fourth-order valence-electron chi connectivity index (χ4n) is 4.38. The molecule has 2 aromatic rings. The maximum Gasteiger partial charge on any atom is 0.244 e. The van der Waals surface area contributed by atoms with Gasteiger partial charge in [-0.25, -0.2) is 13.4 Å². The smallest absolute Gasteiger partial charge is 0.244 e. The molecule has 3 aliphatic rings. The number of benzene rings is 1. The summed E-state index contributed by atoms with van der Waals surface area (Å²) in [4.78, 5) is 9.39. The quantitative estimate of drug-likeness (QED) is 0.689. The van der Waals surface area contributed by atoms with Gasteiger partial charge in [0.1, 0.15) is 16.5 Å². The second-order valence-electron chi connectivity index (χ2n) is 8.17. The molecule has 0 unspecified atom stereocenters. The Balaban J connectivity index is 1.18. The number of aromatic nitrogens is 1. The van der Waals surface area contributed by atoms with Crippen molar-refractivity contribution in [3.63, 3.8) is 0 Å². The van der Waals surface area contributed by atoms with E-state index in [4.69, 9.17) is 9.47 Å². The van der Waals surface area contributed by atoms with Gasteiger partial charge in [-0.15, -0.1) is 0 Å². The SMILES string of the molecule is O=S(=O)(c1ccc(N2CCN(Cc3ccc4c(c3)CCO4)CC2)nc1)N1CCOCC1. The van der Waals surface area contributed by atoms with E-state index in [9.17, 15) is 8.42 Å². The van der Waals surface area contributed by atoms with Crippen LogP contribution in [-0.4, -0.2) is 81.7 Å². The number of sulfonamides is 1. The van der Waals surface area contributed by atoms with Crippen molar-refractivity contribution in [1.29, 1.82) is 0 Å². The van der Waals surface area contributed by atoms with Crippen molar-refractivity contribution in [1.82, 2.24) is 14.2 Å². The zero-order chi connectivity index (χ0) is 21.3. The molecule has 3 aliphatic heterocycles. The average Bonchev–Trinajstić information content (AvgIpc) is 3.28. The van der Waals surface area contributed by atoms with Crippen LogP contribution in [0.2, 0.25) is 0 Å². The minimum absolute atomic E-state index is 0.248. The molecular formula is C22H28N4O4S. The predicted molar refractivity (Wildman–Crippen MR) is 117 cm³/mol. The van der Waals surface area contributed by atoms with Crippen molar-refractivity contribution in [3.05, 3.63) is 47.7 Å². The van der Waals surface area contributed by atoms with E-state index < -0.39 is 10.0 Å². The predicted octanol–water partition coefficient (Wildman–Crippen LogP) is 1.36. The Morgan fingerprint density at radius 2 is 1.74 bits per heavy atom. The fourth-order valence-corrected chi connectivity index (χ4v) is 5.73. The average molecular weight is 445 g/mol. The second-order valence-corrected chi connectivity index (χ2v) is 10.1. The van der Waals surface area contributed by atoms with Crippen LogP contribution in [0, 0.1) is 0 Å². The zero-order valence-corrected chi connectivity index (χ0v) is 18.4. The van der Waals surface area contributed by atoms with Crippen LogP contribution in [0.15, 0.2) is 41.4 Å². The maximum atomic E-state index is 12.8. The Hall–Kier alpha value is -2.20. The van der Waals surface area contributed by atoms with E-state index in [1.54, 1.807) is 6.07 Å². The third kappa shape index (κ3) is 4.41. The molecule has 0 spiro atoms. The summed E-state index contributed by atoms with van der Waals surface area (Å²) in [6.07, 6.45) is 2.49. The number of fused-ring (bicyclic) bond motifs is 1. The Kier molecular flexibility index (Phi) is 5.83. The molecule has 2 fully saturated rings. The lowest BCUT2D eigenvalue weighted by atomic mass is 10.1. The monoisotopic (exact) mass is 444 g/mol. The first-order valence-corrected chi connectivity index (χ1v) is 12.3. The Bertz CT molecular complexity index is 1010. The van der Waals surface area contributed by atoms with Gasteiger partial charge in [0.25, 0.3) is 0 Å². The molecule has 0 amide bonds. The fraction of sp³-hybridized carbons (Fsp3) is 0.500. The van der Waals surface area contributed by atoms with E-state index in [0.717, 1.165) is 57.3 Å². The summed E-state index contributed by atoms with van der Waals surface area (Å²) >= 11 is 0. The Labute approximate surface area is 183 Å². The molecule has 0 radical (unpaired) electrons. The zero-order valence-electron chi connectivity index (χ0n) is 17.6. The minimum Gasteiger partial charge on any atom is -0.493 e. The lowest BCUT2D eigenvalue weighted by Crippen LogP contribution is -2.46. The number of rotatable bonds is 5. The summed E-state index contributed by atoms with van der Waals surface area (Å²) < 4.78 is 37.9. The van der Waals surface area contributed by atoms with E-state index in [2.05, 4.69) is 33.0 Å². The van der Waals surface area contributed by atoms with E-state index in [1.165, 1.54) is 21.6 Å². The molecular weight excluding hydrogens is 416 g/mol. The first kappa shape index (κ1) is 20.7. The van der Waals surface area contributed by atoms with E-state index in [-0.39, 0.29) is 4.90 Å². The Morgan fingerprint density at radius 3 is 2.48 bits per heavy atom. The molecule has 4 heterocycles. The highest BCUT2D eigenvalue weighted by Gasteiger charge is 2.27. The summed E-state index contributed by atoms with van der Waals surface area (Å²) in [5.41, 5.74) is 2.64. The maximum absolute atomic E-state index is 12.8. The lowest BCUT2D eigenvalue weighted by molar-refractivity contribution is 0.0730. The number of hydrogen-bond acceptors (Lipinski definition) is 7. The molecule has 0 bridgehead atoms.